The van der Waals surface area contributed by atoms with Crippen LogP contribution in [0.2, 0.25) is 0 Å². The van der Waals surface area contributed by atoms with Gasteiger partial charge in [0.2, 0.25) is 0 Å². The van der Waals surface area contributed by atoms with E-state index in [9.17, 15) is 19.5 Å². The molecule has 5 heteroatoms. The first-order valence-corrected chi connectivity index (χ1v) is 6.30. The molecule has 2 aromatic rings. The third-order valence-corrected chi connectivity index (χ3v) is 3.50. The number of benzene rings is 1. The Kier molecular flexibility index (Phi) is 2.83. The summed E-state index contributed by atoms with van der Waals surface area (Å²) in [6, 6.07) is 6.82. The van der Waals surface area contributed by atoms with Gasteiger partial charge in [-0.2, -0.15) is 0 Å². The molecule has 0 atom stereocenters. The van der Waals surface area contributed by atoms with Crippen LogP contribution in [-0.4, -0.2) is 21.2 Å². The van der Waals surface area contributed by atoms with Gasteiger partial charge in [-0.3, -0.25) is 14.4 Å². The van der Waals surface area contributed by atoms with E-state index in [2.05, 4.69) is 0 Å². The van der Waals surface area contributed by atoms with Crippen molar-refractivity contribution in [2.45, 2.75) is 0 Å². The lowest BCUT2D eigenvalue weighted by Crippen LogP contribution is -2.23. The van der Waals surface area contributed by atoms with Gasteiger partial charge in [-0.05, 0) is 30.4 Å². The normalized spacial score (nSPS) is 14.6. The Morgan fingerprint density at radius 2 is 1.76 bits per heavy atom. The molecule has 0 aliphatic heterocycles. The average molecular weight is 281 g/mol. The Bertz CT molecular complexity index is 916. The minimum atomic E-state index is -0.520. The maximum Gasteiger partial charge on any atom is 0.262 e. The van der Waals surface area contributed by atoms with Crippen LogP contribution in [0.15, 0.2) is 47.3 Å². The van der Waals surface area contributed by atoms with Gasteiger partial charge in [-0.25, -0.2) is 0 Å². The van der Waals surface area contributed by atoms with Crippen molar-refractivity contribution in [3.63, 3.8) is 0 Å². The lowest BCUT2D eigenvalue weighted by atomic mass is 9.95. The van der Waals surface area contributed by atoms with E-state index in [1.165, 1.54) is 4.57 Å². The van der Waals surface area contributed by atoms with Crippen LogP contribution in [0.3, 0.4) is 0 Å². The molecule has 0 bridgehead atoms. The molecule has 1 aromatic carbocycles. The number of nitrogens with zero attached hydrogens (tertiary/aromatic N) is 1. The number of carbonyl (C=O) groups excluding carboxylic acids is 2. The van der Waals surface area contributed by atoms with E-state index in [1.54, 1.807) is 31.3 Å². The molecule has 0 amide bonds. The maximum atomic E-state index is 12.4. The summed E-state index contributed by atoms with van der Waals surface area (Å²) < 4.78 is 1.35. The molecule has 1 N–H and O–H groups in total. The summed E-state index contributed by atoms with van der Waals surface area (Å²) in [6.07, 6.45) is 3.31. The van der Waals surface area contributed by atoms with Crippen molar-refractivity contribution < 1.29 is 14.7 Å². The smallest absolute Gasteiger partial charge is 0.262 e. The fourth-order valence-electron chi connectivity index (χ4n) is 2.43. The number of hydrogen-bond donors (Lipinski definition) is 1. The van der Waals surface area contributed by atoms with Crippen LogP contribution in [0.25, 0.3) is 16.5 Å². The van der Waals surface area contributed by atoms with Crippen molar-refractivity contribution in [3.05, 3.63) is 58.4 Å². The molecule has 5 nitrogen and oxygen atoms in total. The lowest BCUT2D eigenvalue weighted by Gasteiger charge is -2.13. The molecule has 0 spiro atoms. The molecule has 1 aliphatic rings. The molecule has 1 aliphatic carbocycles. The summed E-state index contributed by atoms with van der Waals surface area (Å²) in [4.78, 5) is 35.8. The third-order valence-electron chi connectivity index (χ3n) is 3.50. The SMILES string of the molecule is Cn1c(=O)c(C2=CC(=O)C=CC2=O)c(O)c2ccccc21. The number of rotatable bonds is 1. The average Bonchev–Trinajstić information content (AvgIpc) is 2.49. The number of para-hydroxylation sites is 1. The van der Waals surface area contributed by atoms with Gasteiger partial charge in [0.15, 0.2) is 11.6 Å². The van der Waals surface area contributed by atoms with Crippen molar-refractivity contribution in [2.75, 3.05) is 0 Å². The van der Waals surface area contributed by atoms with Crippen LogP contribution in [0.1, 0.15) is 5.56 Å². The number of allylic oxidation sites excluding steroid dienone is 4. The van der Waals surface area contributed by atoms with Gasteiger partial charge >= 0.3 is 0 Å². The molecule has 21 heavy (non-hydrogen) atoms. The topological polar surface area (TPSA) is 76.4 Å². The zero-order chi connectivity index (χ0) is 15.1. The van der Waals surface area contributed by atoms with Crippen molar-refractivity contribution in [2.24, 2.45) is 7.05 Å². The highest BCUT2D eigenvalue weighted by Crippen LogP contribution is 2.31. The van der Waals surface area contributed by atoms with E-state index in [1.807, 2.05) is 0 Å². The van der Waals surface area contributed by atoms with E-state index in [0.717, 1.165) is 18.2 Å². The number of pyridine rings is 1. The summed E-state index contributed by atoms with van der Waals surface area (Å²) in [7, 11) is 1.55. The molecule has 0 radical (unpaired) electrons. The van der Waals surface area contributed by atoms with Gasteiger partial charge in [-0.15, -0.1) is 0 Å². The number of hydrogen-bond acceptors (Lipinski definition) is 4. The number of ketones is 2. The number of aromatic nitrogens is 1. The molecular formula is C16H11NO4. The first-order valence-electron chi connectivity index (χ1n) is 6.30. The Morgan fingerprint density at radius 1 is 1.05 bits per heavy atom. The molecule has 0 saturated heterocycles. The minimum absolute atomic E-state index is 0.0775. The molecule has 3 rings (SSSR count). The maximum absolute atomic E-state index is 12.4. The lowest BCUT2D eigenvalue weighted by molar-refractivity contribution is -0.113. The Labute approximate surface area is 119 Å². The summed E-state index contributed by atoms with van der Waals surface area (Å²) >= 11 is 0. The highest BCUT2D eigenvalue weighted by molar-refractivity contribution is 6.34. The molecule has 0 fully saturated rings. The predicted molar refractivity (Wildman–Crippen MR) is 78.0 cm³/mol. The van der Waals surface area contributed by atoms with Crippen molar-refractivity contribution in [1.29, 1.82) is 0 Å². The zero-order valence-electron chi connectivity index (χ0n) is 11.2. The highest BCUT2D eigenvalue weighted by atomic mass is 16.3. The quantitative estimate of drug-likeness (QED) is 0.800. The van der Waals surface area contributed by atoms with Crippen LogP contribution < -0.4 is 5.56 Å². The second-order valence-electron chi connectivity index (χ2n) is 4.76. The summed E-state index contributed by atoms with van der Waals surface area (Å²) in [5.74, 6) is -1.15. The van der Waals surface area contributed by atoms with Gasteiger partial charge in [0, 0.05) is 18.0 Å². The largest absolute Gasteiger partial charge is 0.506 e. The second kappa shape index (κ2) is 4.56. The zero-order valence-corrected chi connectivity index (χ0v) is 11.2. The number of aryl methyl sites for hydroxylation is 1. The first-order chi connectivity index (χ1) is 10.0. The van der Waals surface area contributed by atoms with E-state index >= 15 is 0 Å². The third kappa shape index (κ3) is 1.90. The molecule has 0 saturated carbocycles. The standard InChI is InChI=1S/C16H11NO4/c1-17-12-5-3-2-4-10(12)15(20)14(16(17)21)11-8-9(18)6-7-13(11)19/h2-8,20H,1H3. The Hall–Kier alpha value is -2.95. The fourth-order valence-corrected chi connectivity index (χ4v) is 2.43. The van der Waals surface area contributed by atoms with E-state index in [4.69, 9.17) is 0 Å². The van der Waals surface area contributed by atoms with Gasteiger partial charge in [0.25, 0.3) is 5.56 Å². The molecule has 0 unspecified atom stereocenters. The minimum Gasteiger partial charge on any atom is -0.506 e. The number of aromatic hydroxyl groups is 1. The highest BCUT2D eigenvalue weighted by Gasteiger charge is 2.24. The molecule has 1 heterocycles. The second-order valence-corrected chi connectivity index (χ2v) is 4.76. The van der Waals surface area contributed by atoms with Gasteiger partial charge in [0.05, 0.1) is 11.1 Å². The monoisotopic (exact) mass is 281 g/mol. The Morgan fingerprint density at radius 3 is 2.52 bits per heavy atom. The van der Waals surface area contributed by atoms with E-state index in [0.29, 0.717) is 10.9 Å². The molecule has 1 aromatic heterocycles. The fraction of sp³-hybridized carbons (Fsp3) is 0.0625. The van der Waals surface area contributed by atoms with E-state index < -0.39 is 11.3 Å². The van der Waals surface area contributed by atoms with E-state index in [-0.39, 0.29) is 22.7 Å². The van der Waals surface area contributed by atoms with Crippen LogP contribution in [0.4, 0.5) is 0 Å². The summed E-state index contributed by atoms with van der Waals surface area (Å²) in [5.41, 5.74) is -0.186. The Balaban J connectivity index is 2.42. The van der Waals surface area contributed by atoms with Gasteiger partial charge in [-0.1, -0.05) is 12.1 Å². The molecular weight excluding hydrogens is 270 g/mol. The summed E-state index contributed by atoms with van der Waals surface area (Å²) in [5, 5.41) is 10.8. The first kappa shape index (κ1) is 13.1. The van der Waals surface area contributed by atoms with Crippen LogP contribution in [0.5, 0.6) is 5.75 Å². The number of carbonyl (C=O) groups is 2. The van der Waals surface area contributed by atoms with Crippen LogP contribution >= 0.6 is 0 Å². The van der Waals surface area contributed by atoms with Gasteiger partial charge < -0.3 is 9.67 Å². The van der Waals surface area contributed by atoms with Crippen LogP contribution in [-0.2, 0) is 16.6 Å². The van der Waals surface area contributed by atoms with Crippen molar-refractivity contribution in [3.8, 4) is 5.75 Å². The van der Waals surface area contributed by atoms with Gasteiger partial charge in [0.1, 0.15) is 5.75 Å². The van der Waals surface area contributed by atoms with Crippen molar-refractivity contribution >= 4 is 28.0 Å². The predicted octanol–water partition coefficient (Wildman–Crippen LogP) is 1.34. The summed E-state index contributed by atoms with van der Waals surface area (Å²) in [6.45, 7) is 0. The number of fused-ring (bicyclic) bond motifs is 1. The van der Waals surface area contributed by atoms with Crippen LogP contribution in [0, 0.1) is 0 Å². The molecule has 104 valence electrons. The van der Waals surface area contributed by atoms with Crippen molar-refractivity contribution in [1.82, 2.24) is 4.57 Å².